The van der Waals surface area contributed by atoms with E-state index in [1.54, 1.807) is 25.3 Å². The van der Waals surface area contributed by atoms with Crippen molar-refractivity contribution in [1.29, 1.82) is 0 Å². The van der Waals surface area contributed by atoms with E-state index < -0.39 is 0 Å². The van der Waals surface area contributed by atoms with E-state index in [0.717, 1.165) is 16.5 Å². The summed E-state index contributed by atoms with van der Waals surface area (Å²) >= 11 is 3.41. The lowest BCUT2D eigenvalue weighted by atomic mass is 10.1. The van der Waals surface area contributed by atoms with Crippen LogP contribution in [0.5, 0.6) is 5.75 Å². The molecule has 110 valence electrons. The van der Waals surface area contributed by atoms with E-state index >= 15 is 0 Å². The summed E-state index contributed by atoms with van der Waals surface area (Å²) in [5.74, 6) is 0.523. The lowest BCUT2D eigenvalue weighted by molar-refractivity contribution is 0.102. The highest BCUT2D eigenvalue weighted by Crippen LogP contribution is 2.27. The topological polar surface area (TPSA) is 64.3 Å². The zero-order chi connectivity index (χ0) is 15.2. The molecule has 0 unspecified atom stereocenters. The van der Waals surface area contributed by atoms with E-state index in [0.29, 0.717) is 23.5 Å². The van der Waals surface area contributed by atoms with Gasteiger partial charge < -0.3 is 15.8 Å². The van der Waals surface area contributed by atoms with Crippen molar-refractivity contribution < 1.29 is 9.53 Å². The molecule has 0 spiro atoms. The number of halogens is 1. The van der Waals surface area contributed by atoms with Gasteiger partial charge >= 0.3 is 0 Å². The molecule has 0 aliphatic rings. The van der Waals surface area contributed by atoms with E-state index in [1.165, 1.54) is 0 Å². The van der Waals surface area contributed by atoms with Crippen LogP contribution in [-0.2, 0) is 6.42 Å². The Labute approximate surface area is 132 Å². The molecule has 0 aromatic heterocycles. The summed E-state index contributed by atoms with van der Waals surface area (Å²) in [4.78, 5) is 12.2. The van der Waals surface area contributed by atoms with Crippen LogP contribution in [0.4, 0.5) is 5.69 Å². The second-order valence-corrected chi connectivity index (χ2v) is 5.39. The van der Waals surface area contributed by atoms with Crippen molar-refractivity contribution in [2.75, 3.05) is 19.0 Å². The number of methoxy groups -OCH3 is 1. The Morgan fingerprint density at radius 2 is 1.95 bits per heavy atom. The highest BCUT2D eigenvalue weighted by molar-refractivity contribution is 9.10. The summed E-state index contributed by atoms with van der Waals surface area (Å²) in [5.41, 5.74) is 7.90. The molecule has 2 aromatic carbocycles. The van der Waals surface area contributed by atoms with Gasteiger partial charge in [-0.25, -0.2) is 0 Å². The smallest absolute Gasteiger partial charge is 0.255 e. The Kier molecular flexibility index (Phi) is 5.36. The molecule has 0 aliphatic heterocycles. The summed E-state index contributed by atoms with van der Waals surface area (Å²) < 4.78 is 5.96. The van der Waals surface area contributed by atoms with E-state index in [2.05, 4.69) is 21.2 Å². The lowest BCUT2D eigenvalue weighted by Crippen LogP contribution is -2.12. The molecule has 5 heteroatoms. The maximum Gasteiger partial charge on any atom is 0.255 e. The molecule has 2 rings (SSSR count). The van der Waals surface area contributed by atoms with Crippen molar-refractivity contribution in [3.63, 3.8) is 0 Å². The zero-order valence-electron chi connectivity index (χ0n) is 11.7. The summed E-state index contributed by atoms with van der Waals surface area (Å²) in [5, 5.41) is 2.86. The number of nitrogens with two attached hydrogens (primary N) is 1. The number of carbonyl (C=O) groups excluding carboxylic acids is 1. The molecule has 21 heavy (non-hydrogen) atoms. The van der Waals surface area contributed by atoms with E-state index in [-0.39, 0.29) is 5.91 Å². The number of rotatable bonds is 5. The van der Waals surface area contributed by atoms with Gasteiger partial charge in [-0.2, -0.15) is 0 Å². The van der Waals surface area contributed by atoms with Crippen LogP contribution in [0.1, 0.15) is 15.9 Å². The first kappa shape index (κ1) is 15.5. The van der Waals surface area contributed by atoms with Gasteiger partial charge in [0.1, 0.15) is 5.75 Å². The number of carbonyl (C=O) groups is 1. The van der Waals surface area contributed by atoms with Crippen LogP contribution in [0.3, 0.4) is 0 Å². The molecule has 3 N–H and O–H groups in total. The zero-order valence-corrected chi connectivity index (χ0v) is 13.3. The fraction of sp³-hybridized carbons (Fsp3) is 0.188. The van der Waals surface area contributed by atoms with Crippen molar-refractivity contribution >= 4 is 27.5 Å². The Bertz CT molecular complexity index is 627. The predicted molar refractivity (Wildman–Crippen MR) is 87.8 cm³/mol. The molecule has 0 atom stereocenters. The van der Waals surface area contributed by atoms with Crippen LogP contribution in [0.2, 0.25) is 0 Å². The van der Waals surface area contributed by atoms with Crippen LogP contribution in [-0.4, -0.2) is 19.6 Å². The maximum absolute atomic E-state index is 12.2. The van der Waals surface area contributed by atoms with E-state index in [1.807, 2.05) is 24.3 Å². The quantitative estimate of drug-likeness (QED) is 0.871. The van der Waals surface area contributed by atoms with Crippen molar-refractivity contribution in [2.45, 2.75) is 6.42 Å². The summed E-state index contributed by atoms with van der Waals surface area (Å²) in [6.45, 7) is 0.600. The standard InChI is InChI=1S/C16H17BrN2O2/c1-21-13-6-7-14(17)15(10-13)19-16(20)12-4-2-11(3-5-12)8-9-18/h2-7,10H,8-9,18H2,1H3,(H,19,20). The number of benzene rings is 2. The summed E-state index contributed by atoms with van der Waals surface area (Å²) in [6, 6.07) is 12.9. The van der Waals surface area contributed by atoms with Gasteiger partial charge in [0.2, 0.25) is 0 Å². The van der Waals surface area contributed by atoms with Gasteiger partial charge in [0.15, 0.2) is 0 Å². The summed E-state index contributed by atoms with van der Waals surface area (Å²) in [6.07, 6.45) is 0.809. The first-order valence-corrected chi connectivity index (χ1v) is 7.37. The number of hydrogen-bond acceptors (Lipinski definition) is 3. The number of nitrogens with one attached hydrogen (secondary N) is 1. The molecule has 1 amide bonds. The lowest BCUT2D eigenvalue weighted by Gasteiger charge is -2.09. The molecule has 4 nitrogen and oxygen atoms in total. The molecule has 2 aromatic rings. The van der Waals surface area contributed by atoms with Gasteiger partial charge in [-0.3, -0.25) is 4.79 Å². The van der Waals surface area contributed by atoms with Crippen LogP contribution in [0.25, 0.3) is 0 Å². The Morgan fingerprint density at radius 1 is 1.24 bits per heavy atom. The third-order valence-corrected chi connectivity index (χ3v) is 3.76. The molecule has 0 radical (unpaired) electrons. The maximum atomic E-state index is 12.2. The van der Waals surface area contributed by atoms with Crippen molar-refractivity contribution in [3.8, 4) is 5.75 Å². The third kappa shape index (κ3) is 4.06. The largest absolute Gasteiger partial charge is 0.497 e. The van der Waals surface area contributed by atoms with Crippen LogP contribution in [0, 0.1) is 0 Å². The minimum atomic E-state index is -0.164. The predicted octanol–water partition coefficient (Wildman–Crippen LogP) is 3.21. The Hall–Kier alpha value is -1.85. The highest BCUT2D eigenvalue weighted by atomic mass is 79.9. The first-order valence-electron chi connectivity index (χ1n) is 6.58. The van der Waals surface area contributed by atoms with Crippen molar-refractivity contribution in [3.05, 3.63) is 58.1 Å². The summed E-state index contributed by atoms with van der Waals surface area (Å²) in [7, 11) is 1.59. The fourth-order valence-corrected chi connectivity index (χ4v) is 2.26. The fourth-order valence-electron chi connectivity index (χ4n) is 1.91. The van der Waals surface area contributed by atoms with Crippen LogP contribution in [0.15, 0.2) is 46.9 Å². The van der Waals surface area contributed by atoms with Gasteiger partial charge in [-0.05, 0) is 58.7 Å². The minimum absolute atomic E-state index is 0.164. The van der Waals surface area contributed by atoms with Gasteiger partial charge in [-0.15, -0.1) is 0 Å². The SMILES string of the molecule is COc1ccc(Br)c(NC(=O)c2ccc(CCN)cc2)c1. The monoisotopic (exact) mass is 348 g/mol. The van der Waals surface area contributed by atoms with Crippen molar-refractivity contribution in [1.82, 2.24) is 0 Å². The molecule has 0 heterocycles. The van der Waals surface area contributed by atoms with E-state index in [4.69, 9.17) is 10.5 Å². The van der Waals surface area contributed by atoms with Gasteiger partial charge in [0.25, 0.3) is 5.91 Å². The second kappa shape index (κ2) is 7.24. The number of ether oxygens (including phenoxy) is 1. The van der Waals surface area contributed by atoms with Crippen molar-refractivity contribution in [2.24, 2.45) is 5.73 Å². The highest BCUT2D eigenvalue weighted by Gasteiger charge is 2.09. The van der Waals surface area contributed by atoms with Crippen LogP contribution >= 0.6 is 15.9 Å². The molecule has 0 bridgehead atoms. The first-order chi connectivity index (χ1) is 10.1. The molecule has 0 fully saturated rings. The number of hydrogen-bond donors (Lipinski definition) is 2. The average Bonchev–Trinajstić information content (AvgIpc) is 2.50. The Balaban J connectivity index is 2.14. The number of anilines is 1. The van der Waals surface area contributed by atoms with Gasteiger partial charge in [0, 0.05) is 16.1 Å². The minimum Gasteiger partial charge on any atom is -0.497 e. The van der Waals surface area contributed by atoms with Gasteiger partial charge in [0.05, 0.1) is 12.8 Å². The molecule has 0 saturated carbocycles. The van der Waals surface area contributed by atoms with Gasteiger partial charge in [-0.1, -0.05) is 12.1 Å². The number of amides is 1. The van der Waals surface area contributed by atoms with E-state index in [9.17, 15) is 4.79 Å². The average molecular weight is 349 g/mol. The van der Waals surface area contributed by atoms with Crippen LogP contribution < -0.4 is 15.8 Å². The molecular weight excluding hydrogens is 332 g/mol. The normalized spacial score (nSPS) is 10.2. The molecular formula is C16H17BrN2O2. The molecule has 0 aliphatic carbocycles. The Morgan fingerprint density at radius 3 is 2.57 bits per heavy atom. The molecule has 0 saturated heterocycles. The second-order valence-electron chi connectivity index (χ2n) is 4.54. The third-order valence-electron chi connectivity index (χ3n) is 3.07.